The van der Waals surface area contributed by atoms with Crippen molar-refractivity contribution in [3.05, 3.63) is 47.9 Å². The Morgan fingerprint density at radius 2 is 1.73 bits per heavy atom. The lowest BCUT2D eigenvalue weighted by molar-refractivity contribution is 0.355. The van der Waals surface area contributed by atoms with Crippen molar-refractivity contribution < 1.29 is 22.3 Å². The van der Waals surface area contributed by atoms with Gasteiger partial charge in [-0.3, -0.25) is 0 Å². The molecule has 0 saturated heterocycles. The van der Waals surface area contributed by atoms with E-state index in [2.05, 4.69) is 10.1 Å². The van der Waals surface area contributed by atoms with Crippen LogP contribution in [0.5, 0.6) is 11.5 Å². The minimum Gasteiger partial charge on any atom is -0.493 e. The van der Waals surface area contributed by atoms with Gasteiger partial charge < -0.3 is 9.47 Å². The summed E-state index contributed by atoms with van der Waals surface area (Å²) in [7, 11) is -0.489. The van der Waals surface area contributed by atoms with Gasteiger partial charge in [0.1, 0.15) is 15.7 Å². The molecule has 4 rings (SSSR count). The zero-order valence-corrected chi connectivity index (χ0v) is 18.3. The SMILES string of the molecule is COc1ccc(-c2nn3c(C)c(-c4ccc(S(C)(=O)=O)c(F)c4)nc3s2)cc1OC. The molecule has 0 radical (unpaired) electrons. The van der Waals surface area contributed by atoms with Crippen LogP contribution in [0, 0.1) is 12.7 Å². The quantitative estimate of drug-likeness (QED) is 0.460. The fraction of sp³-hybridized carbons (Fsp3) is 0.200. The van der Waals surface area contributed by atoms with Crippen LogP contribution in [-0.4, -0.2) is 43.5 Å². The number of hydrogen-bond donors (Lipinski definition) is 0. The molecular weight excluding hydrogens is 429 g/mol. The zero-order chi connectivity index (χ0) is 21.6. The van der Waals surface area contributed by atoms with Crippen LogP contribution in [0.1, 0.15) is 5.69 Å². The van der Waals surface area contributed by atoms with E-state index in [1.807, 2.05) is 25.1 Å². The molecule has 2 aromatic carbocycles. The maximum atomic E-state index is 14.3. The molecule has 0 amide bonds. The van der Waals surface area contributed by atoms with Gasteiger partial charge in [-0.2, -0.15) is 5.10 Å². The number of aromatic nitrogens is 3. The van der Waals surface area contributed by atoms with E-state index in [4.69, 9.17) is 9.47 Å². The number of benzene rings is 2. The third-order valence-corrected chi connectivity index (χ3v) is 6.75. The van der Waals surface area contributed by atoms with Gasteiger partial charge in [0.15, 0.2) is 21.3 Å². The number of rotatable bonds is 5. The molecule has 2 aromatic heterocycles. The standard InChI is InChI=1S/C20H18FN3O4S2/c1-11-18(12-6-8-17(14(21)9-12)30(4,25)26)22-20-24(11)23-19(29-20)13-5-7-15(27-2)16(10-13)28-3/h5-10H,1-4H3. The van der Waals surface area contributed by atoms with Crippen LogP contribution in [0.3, 0.4) is 0 Å². The Hall–Kier alpha value is -2.98. The van der Waals surface area contributed by atoms with Crippen LogP contribution in [0.25, 0.3) is 26.8 Å². The average Bonchev–Trinajstić information content (AvgIpc) is 3.26. The van der Waals surface area contributed by atoms with Crippen molar-refractivity contribution in [3.63, 3.8) is 0 Å². The Balaban J connectivity index is 1.76. The van der Waals surface area contributed by atoms with Gasteiger partial charge in [0.25, 0.3) is 0 Å². The highest BCUT2D eigenvalue weighted by Gasteiger charge is 2.19. The molecule has 0 unspecified atom stereocenters. The van der Waals surface area contributed by atoms with E-state index in [0.717, 1.165) is 22.5 Å². The molecule has 0 atom stereocenters. The molecular formula is C20H18FN3O4S2. The van der Waals surface area contributed by atoms with E-state index in [9.17, 15) is 12.8 Å². The minimum atomic E-state index is -3.63. The van der Waals surface area contributed by atoms with Crippen molar-refractivity contribution in [2.45, 2.75) is 11.8 Å². The number of methoxy groups -OCH3 is 2. The zero-order valence-electron chi connectivity index (χ0n) is 16.6. The summed E-state index contributed by atoms with van der Waals surface area (Å²) in [6.07, 6.45) is 0.975. The van der Waals surface area contributed by atoms with Gasteiger partial charge >= 0.3 is 0 Å². The molecule has 0 spiro atoms. The predicted molar refractivity (Wildman–Crippen MR) is 113 cm³/mol. The Morgan fingerprint density at radius 1 is 1.03 bits per heavy atom. The van der Waals surface area contributed by atoms with E-state index in [1.165, 1.54) is 23.5 Å². The summed E-state index contributed by atoms with van der Waals surface area (Å²) in [4.78, 5) is 4.89. The first kappa shape index (κ1) is 20.3. The largest absolute Gasteiger partial charge is 0.493 e. The van der Waals surface area contributed by atoms with E-state index in [0.29, 0.717) is 27.7 Å². The normalized spacial score (nSPS) is 11.8. The van der Waals surface area contributed by atoms with Gasteiger partial charge in [0.2, 0.25) is 4.96 Å². The first-order valence-electron chi connectivity index (χ1n) is 8.81. The first-order chi connectivity index (χ1) is 14.2. The lowest BCUT2D eigenvalue weighted by Crippen LogP contribution is -2.01. The molecule has 156 valence electrons. The molecule has 4 aromatic rings. The highest BCUT2D eigenvalue weighted by molar-refractivity contribution is 7.90. The summed E-state index contributed by atoms with van der Waals surface area (Å²) in [6.45, 7) is 1.83. The number of imidazole rings is 1. The van der Waals surface area contributed by atoms with Gasteiger partial charge in [-0.15, -0.1) is 0 Å². The van der Waals surface area contributed by atoms with E-state index < -0.39 is 15.7 Å². The van der Waals surface area contributed by atoms with Crippen molar-refractivity contribution in [1.82, 2.24) is 14.6 Å². The number of fused-ring (bicyclic) bond motifs is 1. The molecule has 2 heterocycles. The maximum absolute atomic E-state index is 14.3. The second-order valence-electron chi connectivity index (χ2n) is 6.63. The van der Waals surface area contributed by atoms with E-state index >= 15 is 0 Å². The average molecular weight is 448 g/mol. The molecule has 0 aliphatic heterocycles. The molecule has 0 N–H and O–H groups in total. The molecule has 0 bridgehead atoms. The Morgan fingerprint density at radius 3 is 2.33 bits per heavy atom. The summed E-state index contributed by atoms with van der Waals surface area (Å²) in [5, 5.41) is 5.37. The Kier molecular flexibility index (Phi) is 4.99. The lowest BCUT2D eigenvalue weighted by atomic mass is 10.1. The van der Waals surface area contributed by atoms with Crippen molar-refractivity contribution >= 4 is 26.1 Å². The number of aryl methyl sites for hydroxylation is 1. The van der Waals surface area contributed by atoms with Crippen LogP contribution in [0.4, 0.5) is 4.39 Å². The van der Waals surface area contributed by atoms with Gasteiger partial charge in [0.05, 0.1) is 25.6 Å². The number of nitrogens with zero attached hydrogens (tertiary/aromatic N) is 3. The Labute approximate surface area is 176 Å². The van der Waals surface area contributed by atoms with E-state index in [1.54, 1.807) is 24.8 Å². The van der Waals surface area contributed by atoms with Crippen molar-refractivity contribution in [2.75, 3.05) is 20.5 Å². The highest BCUT2D eigenvalue weighted by Crippen LogP contribution is 2.35. The second-order valence-corrected chi connectivity index (χ2v) is 9.57. The summed E-state index contributed by atoms with van der Waals surface area (Å²) >= 11 is 1.38. The van der Waals surface area contributed by atoms with Crippen LogP contribution in [-0.2, 0) is 9.84 Å². The topological polar surface area (TPSA) is 82.8 Å². The smallest absolute Gasteiger partial charge is 0.213 e. The van der Waals surface area contributed by atoms with Crippen LogP contribution in [0.2, 0.25) is 0 Å². The maximum Gasteiger partial charge on any atom is 0.213 e. The van der Waals surface area contributed by atoms with Crippen LogP contribution < -0.4 is 9.47 Å². The molecule has 0 aliphatic rings. The molecule has 0 fully saturated rings. The fourth-order valence-corrected chi connectivity index (χ4v) is 4.83. The van der Waals surface area contributed by atoms with Gasteiger partial charge in [-0.25, -0.2) is 22.3 Å². The third kappa shape index (κ3) is 3.41. The Bertz CT molecular complexity index is 1380. The first-order valence-corrected chi connectivity index (χ1v) is 11.5. The van der Waals surface area contributed by atoms with Crippen molar-refractivity contribution in [2.24, 2.45) is 0 Å². The van der Waals surface area contributed by atoms with Gasteiger partial charge in [-0.1, -0.05) is 17.4 Å². The van der Waals surface area contributed by atoms with Crippen molar-refractivity contribution in [1.29, 1.82) is 0 Å². The number of halogens is 1. The molecule has 0 aliphatic carbocycles. The van der Waals surface area contributed by atoms with Crippen molar-refractivity contribution in [3.8, 4) is 33.3 Å². The predicted octanol–water partition coefficient (Wildman–Crippen LogP) is 3.99. The molecule has 10 heteroatoms. The number of ether oxygens (including phenoxy) is 2. The summed E-state index contributed by atoms with van der Waals surface area (Å²) < 4.78 is 49.9. The lowest BCUT2D eigenvalue weighted by Gasteiger charge is -2.08. The van der Waals surface area contributed by atoms with E-state index in [-0.39, 0.29) is 4.90 Å². The minimum absolute atomic E-state index is 0.334. The molecule has 7 nitrogen and oxygen atoms in total. The summed E-state index contributed by atoms with van der Waals surface area (Å²) in [6, 6.07) is 9.53. The summed E-state index contributed by atoms with van der Waals surface area (Å²) in [5.74, 6) is 0.423. The molecule has 30 heavy (non-hydrogen) atoms. The van der Waals surface area contributed by atoms with Gasteiger partial charge in [0, 0.05) is 17.4 Å². The van der Waals surface area contributed by atoms with Crippen LogP contribution in [0.15, 0.2) is 41.3 Å². The monoisotopic (exact) mass is 447 g/mol. The highest BCUT2D eigenvalue weighted by atomic mass is 32.2. The second kappa shape index (κ2) is 7.37. The third-order valence-electron chi connectivity index (χ3n) is 4.66. The van der Waals surface area contributed by atoms with Crippen LogP contribution >= 0.6 is 11.3 Å². The van der Waals surface area contributed by atoms with Gasteiger partial charge in [-0.05, 0) is 37.3 Å². The fourth-order valence-electron chi connectivity index (χ4n) is 3.16. The number of hydrogen-bond acceptors (Lipinski definition) is 7. The number of sulfone groups is 1. The summed E-state index contributed by atoms with van der Waals surface area (Å²) in [5.41, 5.74) is 2.61. The molecule has 0 saturated carbocycles.